The van der Waals surface area contributed by atoms with Gasteiger partial charge in [-0.15, -0.1) is 11.3 Å². The third-order valence-corrected chi connectivity index (χ3v) is 5.66. The second-order valence-electron chi connectivity index (χ2n) is 6.82. The van der Waals surface area contributed by atoms with Crippen molar-refractivity contribution in [3.8, 4) is 22.6 Å². The lowest BCUT2D eigenvalue weighted by atomic mass is 10.0. The van der Waals surface area contributed by atoms with Crippen LogP contribution in [0.3, 0.4) is 0 Å². The second kappa shape index (κ2) is 10.8. The molecule has 6 nitrogen and oxygen atoms in total. The molecule has 0 radical (unpaired) electrons. The number of hydrogen-bond donors (Lipinski definition) is 1. The van der Waals surface area contributed by atoms with E-state index in [4.69, 9.17) is 14.2 Å². The minimum Gasteiger partial charge on any atom is -0.493 e. The highest BCUT2D eigenvalue weighted by molar-refractivity contribution is 7.15. The third-order valence-electron chi connectivity index (χ3n) is 4.77. The Balaban J connectivity index is 1.77. The molecule has 0 saturated carbocycles. The predicted molar refractivity (Wildman–Crippen MR) is 122 cm³/mol. The topological polar surface area (TPSA) is 73.9 Å². The van der Waals surface area contributed by atoms with E-state index in [9.17, 15) is 14.0 Å². The van der Waals surface area contributed by atoms with Crippen LogP contribution >= 0.6 is 11.3 Å². The fourth-order valence-electron chi connectivity index (χ4n) is 3.18. The highest BCUT2D eigenvalue weighted by Crippen LogP contribution is 2.36. The Morgan fingerprint density at radius 2 is 1.75 bits per heavy atom. The summed E-state index contributed by atoms with van der Waals surface area (Å²) in [4.78, 5) is 25.2. The first-order chi connectivity index (χ1) is 15.5. The van der Waals surface area contributed by atoms with Crippen molar-refractivity contribution < 1.29 is 28.2 Å². The zero-order valence-corrected chi connectivity index (χ0v) is 18.9. The van der Waals surface area contributed by atoms with Crippen molar-refractivity contribution >= 4 is 28.2 Å². The molecule has 1 heterocycles. The van der Waals surface area contributed by atoms with Crippen molar-refractivity contribution in [2.24, 2.45) is 0 Å². The Bertz CT molecular complexity index is 1090. The van der Waals surface area contributed by atoms with Gasteiger partial charge in [-0.05, 0) is 48.7 Å². The zero-order chi connectivity index (χ0) is 23.1. The van der Waals surface area contributed by atoms with E-state index in [1.54, 1.807) is 44.7 Å². The highest BCUT2D eigenvalue weighted by atomic mass is 32.1. The third kappa shape index (κ3) is 5.45. The van der Waals surface area contributed by atoms with Crippen molar-refractivity contribution in [2.75, 3.05) is 26.1 Å². The van der Waals surface area contributed by atoms with Gasteiger partial charge in [0.25, 0.3) is 0 Å². The molecule has 8 heteroatoms. The van der Waals surface area contributed by atoms with Crippen LogP contribution in [0.1, 0.15) is 29.3 Å². The number of nitrogens with one attached hydrogen (secondary N) is 1. The molecule has 0 bridgehead atoms. The maximum Gasteiger partial charge on any atom is 0.341 e. The van der Waals surface area contributed by atoms with Crippen molar-refractivity contribution in [1.29, 1.82) is 0 Å². The number of carbonyl (C=O) groups is 2. The molecule has 0 saturated heterocycles. The number of hydrogen-bond acceptors (Lipinski definition) is 6. The van der Waals surface area contributed by atoms with Crippen LogP contribution in [0.2, 0.25) is 0 Å². The lowest BCUT2D eigenvalue weighted by molar-refractivity contribution is -0.116. The summed E-state index contributed by atoms with van der Waals surface area (Å²) in [5.74, 6) is 0.0651. The summed E-state index contributed by atoms with van der Waals surface area (Å²) in [5.41, 5.74) is 2.43. The minimum atomic E-state index is -0.539. The Morgan fingerprint density at radius 3 is 2.41 bits per heavy atom. The van der Waals surface area contributed by atoms with Gasteiger partial charge in [-0.3, -0.25) is 4.79 Å². The number of aryl methyl sites for hydroxylation is 1. The van der Waals surface area contributed by atoms with E-state index in [0.717, 1.165) is 5.56 Å². The van der Waals surface area contributed by atoms with Gasteiger partial charge >= 0.3 is 5.97 Å². The Hall–Kier alpha value is -3.39. The molecule has 3 aromatic rings. The molecule has 1 N–H and O–H groups in total. The summed E-state index contributed by atoms with van der Waals surface area (Å²) in [7, 11) is 3.12. The van der Waals surface area contributed by atoms with Crippen LogP contribution in [-0.4, -0.2) is 32.7 Å². The van der Waals surface area contributed by atoms with E-state index in [1.165, 1.54) is 23.5 Å². The van der Waals surface area contributed by atoms with Gasteiger partial charge in [0, 0.05) is 17.4 Å². The van der Waals surface area contributed by atoms with Crippen LogP contribution in [0, 0.1) is 5.82 Å². The SMILES string of the molecule is CCOC(=O)c1c(-c2ccc(F)cc2)csc1NC(=O)CCc1ccc(OC)c(OC)c1. The van der Waals surface area contributed by atoms with Gasteiger partial charge in [0.05, 0.1) is 20.8 Å². The average Bonchev–Trinajstić information content (AvgIpc) is 3.21. The molecule has 0 fully saturated rings. The number of carbonyl (C=O) groups excluding carboxylic acids is 2. The summed E-state index contributed by atoms with van der Waals surface area (Å²) >= 11 is 1.23. The van der Waals surface area contributed by atoms with Gasteiger partial charge in [-0.1, -0.05) is 18.2 Å². The summed E-state index contributed by atoms with van der Waals surface area (Å²) in [6, 6.07) is 11.3. The maximum atomic E-state index is 13.3. The number of rotatable bonds is 9. The van der Waals surface area contributed by atoms with E-state index >= 15 is 0 Å². The molecule has 0 aliphatic heterocycles. The van der Waals surface area contributed by atoms with Crippen LogP contribution in [0.4, 0.5) is 9.39 Å². The lowest BCUT2D eigenvalue weighted by Gasteiger charge is -2.10. The average molecular weight is 458 g/mol. The van der Waals surface area contributed by atoms with Crippen LogP contribution < -0.4 is 14.8 Å². The van der Waals surface area contributed by atoms with Crippen molar-refractivity contribution in [3.63, 3.8) is 0 Å². The molecule has 0 aliphatic carbocycles. The number of amides is 1. The molecule has 1 amide bonds. The second-order valence-corrected chi connectivity index (χ2v) is 7.70. The largest absolute Gasteiger partial charge is 0.493 e. The molecule has 3 rings (SSSR count). The van der Waals surface area contributed by atoms with Crippen molar-refractivity contribution in [3.05, 3.63) is 64.8 Å². The van der Waals surface area contributed by atoms with E-state index in [-0.39, 0.29) is 30.3 Å². The summed E-state index contributed by atoms with van der Waals surface area (Å²) in [5, 5.41) is 4.98. The van der Waals surface area contributed by atoms with E-state index in [2.05, 4.69) is 5.32 Å². The van der Waals surface area contributed by atoms with E-state index in [1.807, 2.05) is 12.1 Å². The molecule has 2 aromatic carbocycles. The number of ether oxygens (including phenoxy) is 3. The number of esters is 1. The quantitative estimate of drug-likeness (QED) is 0.440. The predicted octanol–water partition coefficient (Wildman–Crippen LogP) is 5.32. The van der Waals surface area contributed by atoms with Crippen LogP contribution in [0.5, 0.6) is 11.5 Å². The smallest absolute Gasteiger partial charge is 0.341 e. The molecule has 168 valence electrons. The standard InChI is InChI=1S/C24H24FNO5S/c1-4-31-24(28)22-18(16-7-9-17(25)10-8-16)14-32-23(22)26-21(27)12-6-15-5-11-19(29-2)20(13-15)30-3/h5,7-11,13-14H,4,6,12H2,1-3H3,(H,26,27). The molecule has 0 spiro atoms. The molecule has 0 aliphatic rings. The van der Waals surface area contributed by atoms with Gasteiger partial charge in [0.2, 0.25) is 5.91 Å². The summed E-state index contributed by atoms with van der Waals surface area (Å²) < 4.78 is 29.0. The molecule has 0 atom stereocenters. The summed E-state index contributed by atoms with van der Waals surface area (Å²) in [6.45, 7) is 1.91. The normalized spacial score (nSPS) is 10.5. The zero-order valence-electron chi connectivity index (χ0n) is 18.1. The fraction of sp³-hybridized carbons (Fsp3) is 0.250. The number of thiophene rings is 1. The van der Waals surface area contributed by atoms with Gasteiger partial charge in [-0.2, -0.15) is 0 Å². The Kier molecular flexibility index (Phi) is 7.83. The molecular formula is C24H24FNO5S. The number of anilines is 1. The minimum absolute atomic E-state index is 0.199. The van der Waals surface area contributed by atoms with Gasteiger partial charge in [0.1, 0.15) is 16.4 Å². The van der Waals surface area contributed by atoms with Crippen LogP contribution in [0.25, 0.3) is 11.1 Å². The fourth-order valence-corrected chi connectivity index (χ4v) is 4.15. The number of methoxy groups -OCH3 is 2. The van der Waals surface area contributed by atoms with Gasteiger partial charge in [0.15, 0.2) is 11.5 Å². The number of halogens is 1. The first kappa shape index (κ1) is 23.3. The van der Waals surface area contributed by atoms with E-state index < -0.39 is 5.97 Å². The van der Waals surface area contributed by atoms with Gasteiger partial charge in [-0.25, -0.2) is 9.18 Å². The monoisotopic (exact) mass is 457 g/mol. The maximum absolute atomic E-state index is 13.3. The van der Waals surface area contributed by atoms with E-state index in [0.29, 0.717) is 34.0 Å². The van der Waals surface area contributed by atoms with Crippen molar-refractivity contribution in [2.45, 2.75) is 19.8 Å². The first-order valence-electron chi connectivity index (χ1n) is 10.0. The van der Waals surface area contributed by atoms with Crippen LogP contribution in [-0.2, 0) is 16.0 Å². The molecule has 32 heavy (non-hydrogen) atoms. The highest BCUT2D eigenvalue weighted by Gasteiger charge is 2.23. The van der Waals surface area contributed by atoms with Gasteiger partial charge < -0.3 is 19.5 Å². The number of benzene rings is 2. The molecule has 1 aromatic heterocycles. The first-order valence-corrected chi connectivity index (χ1v) is 10.9. The lowest BCUT2D eigenvalue weighted by Crippen LogP contribution is -2.15. The Morgan fingerprint density at radius 1 is 1.03 bits per heavy atom. The summed E-state index contributed by atoms with van der Waals surface area (Å²) in [6.07, 6.45) is 0.693. The molecule has 0 unspecified atom stereocenters. The van der Waals surface area contributed by atoms with Crippen molar-refractivity contribution in [1.82, 2.24) is 0 Å². The molecular weight excluding hydrogens is 433 g/mol. The van der Waals surface area contributed by atoms with Crippen LogP contribution in [0.15, 0.2) is 47.8 Å². The Labute approximate surface area is 189 Å².